The smallest absolute Gasteiger partial charge is 0.258 e. The van der Waals surface area contributed by atoms with Crippen molar-refractivity contribution in [3.8, 4) is 5.88 Å². The van der Waals surface area contributed by atoms with Gasteiger partial charge in [0.2, 0.25) is 17.7 Å². The second-order valence-electron chi connectivity index (χ2n) is 10.3. The lowest BCUT2D eigenvalue weighted by Gasteiger charge is -2.28. The Morgan fingerprint density at radius 2 is 1.94 bits per heavy atom. The molecule has 2 bridgehead atoms. The number of primary amides is 1. The van der Waals surface area contributed by atoms with Crippen LogP contribution in [0, 0.1) is 11.3 Å². The van der Waals surface area contributed by atoms with Gasteiger partial charge >= 0.3 is 0 Å². The lowest BCUT2D eigenvalue weighted by molar-refractivity contribution is -0.127. The molecule has 1 aromatic rings. The minimum Gasteiger partial charge on any atom is -0.477 e. The van der Waals surface area contributed by atoms with E-state index in [0.717, 1.165) is 12.8 Å². The van der Waals surface area contributed by atoms with Gasteiger partial charge in [-0.1, -0.05) is 13.8 Å². The fourth-order valence-electron chi connectivity index (χ4n) is 4.77. The van der Waals surface area contributed by atoms with Gasteiger partial charge in [0.15, 0.2) is 0 Å². The van der Waals surface area contributed by atoms with Crippen LogP contribution in [-0.2, 0) is 9.59 Å². The van der Waals surface area contributed by atoms with Gasteiger partial charge in [0, 0.05) is 18.7 Å². The number of fused-ring (bicyclic) bond motifs is 2. The average molecular weight is 446 g/mol. The number of carbonyl (C=O) groups is 3. The quantitative estimate of drug-likeness (QED) is 0.537. The maximum Gasteiger partial charge on any atom is 0.258 e. The Balaban J connectivity index is 1.82. The standard InChI is InChI=1S/C23H35N5O4/c1-15(2)13-32-19-17(12-25-28(19)11-10-21(4,5)26-16(3)29)18(30)27-23-8-6-22(14-23,7-9-23)20(24)31/h10-12,15H,6-9,13-14H2,1-5H3,(H2,24,31)(H,26,29)(H,27,30)/b11-10+. The number of hydrogen-bond acceptors (Lipinski definition) is 5. The van der Waals surface area contributed by atoms with Crippen LogP contribution in [0.5, 0.6) is 5.88 Å². The maximum absolute atomic E-state index is 13.2. The highest BCUT2D eigenvalue weighted by Crippen LogP contribution is 2.56. The van der Waals surface area contributed by atoms with E-state index >= 15 is 0 Å². The van der Waals surface area contributed by atoms with Gasteiger partial charge in [-0.05, 0) is 57.9 Å². The monoisotopic (exact) mass is 445 g/mol. The fourth-order valence-corrected chi connectivity index (χ4v) is 4.77. The topological polar surface area (TPSA) is 128 Å². The molecule has 0 aliphatic heterocycles. The van der Waals surface area contributed by atoms with Crippen LogP contribution in [0.15, 0.2) is 12.3 Å². The van der Waals surface area contributed by atoms with Crippen LogP contribution in [-0.4, -0.2) is 45.2 Å². The molecule has 2 fully saturated rings. The summed E-state index contributed by atoms with van der Waals surface area (Å²) in [4.78, 5) is 36.6. The zero-order valence-electron chi connectivity index (χ0n) is 19.7. The number of nitrogens with two attached hydrogens (primary N) is 1. The molecule has 2 aliphatic carbocycles. The van der Waals surface area contributed by atoms with Crippen LogP contribution in [0.2, 0.25) is 0 Å². The fraction of sp³-hybridized carbons (Fsp3) is 0.652. The first kappa shape index (κ1) is 23.8. The first-order valence-corrected chi connectivity index (χ1v) is 11.2. The van der Waals surface area contributed by atoms with Crippen LogP contribution in [0.4, 0.5) is 0 Å². The van der Waals surface area contributed by atoms with Crippen molar-refractivity contribution in [3.05, 3.63) is 17.8 Å². The predicted molar refractivity (Wildman–Crippen MR) is 121 cm³/mol. The SMILES string of the molecule is CC(=O)NC(C)(C)/C=C/n1ncc(C(=O)NC23CCC(C(N)=O)(CC2)C3)c1OCC(C)C. The summed E-state index contributed by atoms with van der Waals surface area (Å²) in [5, 5.41) is 10.3. The molecule has 0 radical (unpaired) electrons. The summed E-state index contributed by atoms with van der Waals surface area (Å²) in [7, 11) is 0. The van der Waals surface area contributed by atoms with Crippen molar-refractivity contribution in [1.82, 2.24) is 20.4 Å². The molecule has 0 spiro atoms. The van der Waals surface area contributed by atoms with E-state index in [0.29, 0.717) is 37.3 Å². The van der Waals surface area contributed by atoms with Gasteiger partial charge in [0.1, 0.15) is 5.56 Å². The minimum atomic E-state index is -0.597. The zero-order chi connectivity index (χ0) is 23.7. The molecule has 1 heterocycles. The predicted octanol–water partition coefficient (Wildman–Crippen LogP) is 2.22. The molecule has 9 nitrogen and oxygen atoms in total. The number of nitrogens with one attached hydrogen (secondary N) is 2. The van der Waals surface area contributed by atoms with Gasteiger partial charge < -0.3 is 21.1 Å². The van der Waals surface area contributed by atoms with Crippen LogP contribution in [0.1, 0.15) is 77.1 Å². The van der Waals surface area contributed by atoms with Gasteiger partial charge in [0.05, 0.1) is 23.8 Å². The molecule has 2 saturated carbocycles. The Bertz CT molecular complexity index is 923. The third-order valence-electron chi connectivity index (χ3n) is 6.42. The van der Waals surface area contributed by atoms with Gasteiger partial charge in [-0.2, -0.15) is 5.10 Å². The van der Waals surface area contributed by atoms with Crippen molar-refractivity contribution in [2.45, 2.75) is 77.8 Å². The third-order valence-corrected chi connectivity index (χ3v) is 6.42. The third kappa shape index (κ3) is 4.97. The zero-order valence-corrected chi connectivity index (χ0v) is 19.7. The molecule has 4 N–H and O–H groups in total. The van der Waals surface area contributed by atoms with Crippen molar-refractivity contribution >= 4 is 23.9 Å². The summed E-state index contributed by atoms with van der Waals surface area (Å²) in [6, 6.07) is 0. The summed E-state index contributed by atoms with van der Waals surface area (Å²) in [5.74, 6) is -0.0810. The Morgan fingerprint density at radius 1 is 1.28 bits per heavy atom. The molecule has 2 aliphatic rings. The van der Waals surface area contributed by atoms with E-state index in [2.05, 4.69) is 15.7 Å². The Hall–Kier alpha value is -2.84. The first-order chi connectivity index (χ1) is 14.9. The molecular formula is C23H35N5O4. The first-order valence-electron chi connectivity index (χ1n) is 11.2. The van der Waals surface area contributed by atoms with Gasteiger partial charge in [-0.15, -0.1) is 0 Å². The molecule has 3 rings (SSSR count). The van der Waals surface area contributed by atoms with E-state index in [1.807, 2.05) is 27.7 Å². The second-order valence-corrected chi connectivity index (χ2v) is 10.3. The number of aromatic nitrogens is 2. The van der Waals surface area contributed by atoms with E-state index in [4.69, 9.17) is 10.5 Å². The number of ether oxygens (including phenoxy) is 1. The molecule has 176 valence electrons. The molecule has 9 heteroatoms. The highest BCUT2D eigenvalue weighted by molar-refractivity contribution is 5.97. The van der Waals surface area contributed by atoms with Gasteiger partial charge in [-0.3, -0.25) is 14.4 Å². The number of hydrogen-bond donors (Lipinski definition) is 3. The van der Waals surface area contributed by atoms with Crippen LogP contribution in [0.25, 0.3) is 6.20 Å². The number of rotatable bonds is 9. The van der Waals surface area contributed by atoms with Gasteiger partial charge in [-0.25, -0.2) is 4.68 Å². The number of carbonyl (C=O) groups excluding carboxylic acids is 3. The van der Waals surface area contributed by atoms with E-state index in [1.165, 1.54) is 17.8 Å². The molecular weight excluding hydrogens is 410 g/mol. The lowest BCUT2D eigenvalue weighted by Crippen LogP contribution is -2.45. The Morgan fingerprint density at radius 3 is 2.47 bits per heavy atom. The molecule has 32 heavy (non-hydrogen) atoms. The number of amides is 3. The molecule has 0 aromatic carbocycles. The summed E-state index contributed by atoms with van der Waals surface area (Å²) in [6.07, 6.45) is 8.44. The van der Waals surface area contributed by atoms with Crippen LogP contribution >= 0.6 is 0 Å². The molecule has 3 amide bonds. The maximum atomic E-state index is 13.2. The van der Waals surface area contributed by atoms with Crippen LogP contribution in [0.3, 0.4) is 0 Å². The summed E-state index contributed by atoms with van der Waals surface area (Å²) < 4.78 is 7.47. The molecule has 0 unspecified atom stereocenters. The highest BCUT2D eigenvalue weighted by Gasteiger charge is 2.58. The summed E-state index contributed by atoms with van der Waals surface area (Å²) in [5.41, 5.74) is 4.48. The second kappa shape index (κ2) is 8.60. The summed E-state index contributed by atoms with van der Waals surface area (Å²) in [6.45, 7) is 9.65. The van der Waals surface area contributed by atoms with Crippen molar-refractivity contribution < 1.29 is 19.1 Å². The van der Waals surface area contributed by atoms with E-state index in [-0.39, 0.29) is 23.6 Å². The van der Waals surface area contributed by atoms with E-state index < -0.39 is 16.5 Å². The van der Waals surface area contributed by atoms with Crippen molar-refractivity contribution in [2.75, 3.05) is 6.61 Å². The largest absolute Gasteiger partial charge is 0.477 e. The highest BCUT2D eigenvalue weighted by atomic mass is 16.5. The summed E-state index contributed by atoms with van der Waals surface area (Å²) >= 11 is 0. The van der Waals surface area contributed by atoms with E-state index in [9.17, 15) is 14.4 Å². The Kier molecular flexibility index (Phi) is 6.40. The van der Waals surface area contributed by atoms with E-state index in [1.54, 1.807) is 12.3 Å². The average Bonchev–Trinajstić information content (AvgIpc) is 3.35. The molecule has 1 aromatic heterocycles. The van der Waals surface area contributed by atoms with Gasteiger partial charge in [0.25, 0.3) is 5.91 Å². The number of nitrogens with zero attached hydrogens (tertiary/aromatic N) is 2. The van der Waals surface area contributed by atoms with Crippen molar-refractivity contribution in [2.24, 2.45) is 17.1 Å². The minimum absolute atomic E-state index is 0.143. The lowest BCUT2D eigenvalue weighted by atomic mass is 9.83. The Labute approximate surface area is 189 Å². The molecule has 0 atom stereocenters. The molecule has 0 saturated heterocycles. The van der Waals surface area contributed by atoms with Crippen LogP contribution < -0.4 is 21.1 Å². The van der Waals surface area contributed by atoms with Crippen molar-refractivity contribution in [3.63, 3.8) is 0 Å². The van der Waals surface area contributed by atoms with Crippen molar-refractivity contribution in [1.29, 1.82) is 0 Å². The normalized spacial score (nSPS) is 24.8.